The molecule has 42 heavy (non-hydrogen) atoms. The molecular formula is C34H42N2O6. The average Bonchev–Trinajstić information content (AvgIpc) is 3.59. The van der Waals surface area contributed by atoms with Gasteiger partial charge in [0.05, 0.1) is 30.8 Å². The Kier molecular flexibility index (Phi) is 8.32. The van der Waals surface area contributed by atoms with Crippen LogP contribution in [0.3, 0.4) is 0 Å². The van der Waals surface area contributed by atoms with E-state index in [9.17, 15) is 19.5 Å². The fraction of sp³-hybridized carbons (Fsp3) is 0.500. The fourth-order valence-electron chi connectivity index (χ4n) is 7.86. The molecule has 3 fully saturated rings. The van der Waals surface area contributed by atoms with E-state index in [0.717, 1.165) is 22.4 Å². The van der Waals surface area contributed by atoms with E-state index in [4.69, 9.17) is 9.47 Å². The third-order valence-corrected chi connectivity index (χ3v) is 9.60. The Bertz CT molecular complexity index is 1340. The Balaban J connectivity index is 1.67. The Hall–Kier alpha value is -3.49. The number of anilines is 1. The van der Waals surface area contributed by atoms with Crippen LogP contribution in [0.15, 0.2) is 61.2 Å². The largest absolute Gasteiger partial charge is 0.466 e. The predicted octanol–water partition coefficient (Wildman–Crippen LogP) is 4.14. The van der Waals surface area contributed by atoms with Gasteiger partial charge in [0.25, 0.3) is 5.91 Å². The van der Waals surface area contributed by atoms with Crippen molar-refractivity contribution in [2.45, 2.75) is 76.7 Å². The van der Waals surface area contributed by atoms with Crippen LogP contribution in [0, 0.1) is 25.7 Å². The summed E-state index contributed by atoms with van der Waals surface area (Å²) in [5, 5.41) is 10.7. The lowest BCUT2D eigenvalue weighted by Crippen LogP contribution is -2.59. The number of nitrogens with zero attached hydrogens (tertiary/aromatic N) is 2. The molecule has 224 valence electrons. The number of likely N-dealkylation sites (tertiary alicyclic amines) is 1. The van der Waals surface area contributed by atoms with Gasteiger partial charge in [-0.2, -0.15) is 0 Å². The van der Waals surface area contributed by atoms with Gasteiger partial charge in [-0.05, 0) is 63.1 Å². The van der Waals surface area contributed by atoms with E-state index in [0.29, 0.717) is 25.7 Å². The van der Waals surface area contributed by atoms with Crippen LogP contribution in [-0.4, -0.2) is 70.8 Å². The molecule has 3 saturated heterocycles. The number of amides is 2. The van der Waals surface area contributed by atoms with Crippen LogP contribution < -0.4 is 4.90 Å². The zero-order valence-corrected chi connectivity index (χ0v) is 25.0. The normalized spacial score (nSPS) is 28.5. The van der Waals surface area contributed by atoms with E-state index in [2.05, 4.69) is 6.58 Å². The highest BCUT2D eigenvalue weighted by Crippen LogP contribution is 2.65. The van der Waals surface area contributed by atoms with E-state index in [1.807, 2.05) is 69.3 Å². The summed E-state index contributed by atoms with van der Waals surface area (Å²) in [6.07, 6.45) is 3.54. The molecule has 0 saturated carbocycles. The molecule has 8 heteroatoms. The van der Waals surface area contributed by atoms with E-state index in [-0.39, 0.29) is 31.6 Å². The Morgan fingerprint density at radius 2 is 1.83 bits per heavy atom. The molecule has 8 nitrogen and oxygen atoms in total. The van der Waals surface area contributed by atoms with Crippen LogP contribution in [0.25, 0.3) is 0 Å². The average molecular weight is 575 g/mol. The monoisotopic (exact) mass is 574 g/mol. The van der Waals surface area contributed by atoms with Crippen molar-refractivity contribution in [1.82, 2.24) is 4.90 Å². The summed E-state index contributed by atoms with van der Waals surface area (Å²) in [6, 6.07) is 13.7. The molecule has 3 aliphatic heterocycles. The minimum atomic E-state index is -1.22. The number of ether oxygens (including phenoxy) is 2. The SMILES string of the molecule is C=CCN(C(=O)C1N([C@@H](CO)Cc2ccccc2)C(=O)[C@@H]2[C@H](C(=O)OCC)[C@]3(CC)CCC12O3)c1c(C)cccc1C. The molecule has 0 radical (unpaired) electrons. The number of carbonyl (C=O) groups excluding carboxylic acids is 3. The van der Waals surface area contributed by atoms with Crippen molar-refractivity contribution in [3.05, 3.63) is 77.9 Å². The first-order valence-electron chi connectivity index (χ1n) is 15.0. The van der Waals surface area contributed by atoms with Crippen LogP contribution in [-0.2, 0) is 30.3 Å². The van der Waals surface area contributed by atoms with Crippen molar-refractivity contribution in [3.8, 4) is 0 Å². The summed E-state index contributed by atoms with van der Waals surface area (Å²) in [4.78, 5) is 46.4. The van der Waals surface area contributed by atoms with Crippen LogP contribution in [0.2, 0.25) is 0 Å². The molecule has 1 spiro atoms. The first-order valence-corrected chi connectivity index (χ1v) is 15.0. The summed E-state index contributed by atoms with van der Waals surface area (Å²) in [7, 11) is 0. The van der Waals surface area contributed by atoms with Gasteiger partial charge in [-0.1, -0.05) is 61.5 Å². The molecule has 3 heterocycles. The number of hydrogen-bond donors (Lipinski definition) is 1. The van der Waals surface area contributed by atoms with Crippen molar-refractivity contribution in [2.75, 3.05) is 24.7 Å². The molecule has 6 atom stereocenters. The molecule has 2 aromatic rings. The van der Waals surface area contributed by atoms with Gasteiger partial charge in [-0.3, -0.25) is 14.4 Å². The molecule has 2 aromatic carbocycles. The maximum Gasteiger partial charge on any atom is 0.312 e. The topological polar surface area (TPSA) is 96.4 Å². The Labute approximate surface area is 248 Å². The minimum Gasteiger partial charge on any atom is -0.466 e. The third-order valence-electron chi connectivity index (χ3n) is 9.60. The van der Waals surface area contributed by atoms with Gasteiger partial charge >= 0.3 is 5.97 Å². The number of esters is 1. The molecule has 0 aliphatic carbocycles. The van der Waals surface area contributed by atoms with E-state index < -0.39 is 41.1 Å². The second kappa shape index (κ2) is 11.7. The second-order valence-electron chi connectivity index (χ2n) is 11.8. The van der Waals surface area contributed by atoms with Gasteiger partial charge in [0, 0.05) is 12.2 Å². The van der Waals surface area contributed by atoms with Crippen molar-refractivity contribution in [3.63, 3.8) is 0 Å². The van der Waals surface area contributed by atoms with E-state index >= 15 is 0 Å². The number of benzene rings is 2. The predicted molar refractivity (Wildman–Crippen MR) is 160 cm³/mol. The highest BCUT2D eigenvalue weighted by molar-refractivity contribution is 6.05. The van der Waals surface area contributed by atoms with Crippen LogP contribution >= 0.6 is 0 Å². The number of aryl methyl sites for hydroxylation is 2. The Morgan fingerprint density at radius 3 is 2.43 bits per heavy atom. The molecule has 1 N–H and O–H groups in total. The summed E-state index contributed by atoms with van der Waals surface area (Å²) in [5.41, 5.74) is 1.43. The molecule has 2 unspecified atom stereocenters. The maximum absolute atomic E-state index is 15.0. The summed E-state index contributed by atoms with van der Waals surface area (Å²) < 4.78 is 12.4. The van der Waals surface area contributed by atoms with Gasteiger partial charge in [0.15, 0.2) is 0 Å². The fourth-order valence-corrected chi connectivity index (χ4v) is 7.86. The number of fused-ring (bicyclic) bond motifs is 1. The van der Waals surface area contributed by atoms with Crippen molar-refractivity contribution in [1.29, 1.82) is 0 Å². The van der Waals surface area contributed by atoms with Crippen molar-refractivity contribution < 1.29 is 29.0 Å². The van der Waals surface area contributed by atoms with Gasteiger partial charge in [0.2, 0.25) is 5.91 Å². The third kappa shape index (κ3) is 4.56. The Morgan fingerprint density at radius 1 is 1.14 bits per heavy atom. The van der Waals surface area contributed by atoms with Crippen LogP contribution in [0.5, 0.6) is 0 Å². The number of para-hydroxylation sites is 1. The van der Waals surface area contributed by atoms with E-state index in [1.165, 1.54) is 0 Å². The first-order chi connectivity index (χ1) is 20.2. The lowest BCUT2D eigenvalue weighted by molar-refractivity contribution is -0.161. The number of rotatable bonds is 11. The van der Waals surface area contributed by atoms with Crippen LogP contribution in [0.4, 0.5) is 5.69 Å². The summed E-state index contributed by atoms with van der Waals surface area (Å²) in [6.45, 7) is 11.6. The quantitative estimate of drug-likeness (QED) is 0.320. The molecule has 5 rings (SSSR count). The number of aliphatic hydroxyl groups excluding tert-OH is 1. The standard InChI is InChI=1S/C34H42N2O6/c1-6-19-35(28-22(4)13-12-14-23(28)5)31(39)29-34-18-17-33(7-2,42-34)27(32(40)41-8-3)26(34)30(38)36(29)25(21-37)20-24-15-10-9-11-16-24/h6,9-16,25-27,29,37H,1,7-8,17-21H2,2-5H3/t25-,26+,27-,29?,33+,34?/m1/s1. The van der Waals surface area contributed by atoms with Gasteiger partial charge in [-0.25, -0.2) is 0 Å². The smallest absolute Gasteiger partial charge is 0.312 e. The van der Waals surface area contributed by atoms with Crippen LogP contribution in [0.1, 0.15) is 49.8 Å². The highest BCUT2D eigenvalue weighted by atomic mass is 16.6. The van der Waals surface area contributed by atoms with Crippen molar-refractivity contribution >= 4 is 23.5 Å². The number of hydrogen-bond acceptors (Lipinski definition) is 6. The van der Waals surface area contributed by atoms with Gasteiger partial charge in [-0.15, -0.1) is 6.58 Å². The summed E-state index contributed by atoms with van der Waals surface area (Å²) >= 11 is 0. The first kappa shape index (κ1) is 30.0. The lowest BCUT2D eigenvalue weighted by atomic mass is 9.65. The van der Waals surface area contributed by atoms with Gasteiger partial charge in [0.1, 0.15) is 17.6 Å². The molecule has 0 aromatic heterocycles. The lowest BCUT2D eigenvalue weighted by Gasteiger charge is -2.40. The number of aliphatic hydroxyl groups is 1. The highest BCUT2D eigenvalue weighted by Gasteiger charge is 2.79. The zero-order valence-electron chi connectivity index (χ0n) is 25.0. The van der Waals surface area contributed by atoms with Crippen molar-refractivity contribution in [2.24, 2.45) is 11.8 Å². The molecular weight excluding hydrogens is 532 g/mol. The zero-order chi connectivity index (χ0) is 30.2. The molecule has 2 bridgehead atoms. The molecule has 3 aliphatic rings. The summed E-state index contributed by atoms with van der Waals surface area (Å²) in [5.74, 6) is -2.81. The number of carbonyl (C=O) groups is 3. The second-order valence-corrected chi connectivity index (χ2v) is 11.8. The minimum absolute atomic E-state index is 0.183. The van der Waals surface area contributed by atoms with E-state index in [1.54, 1.807) is 22.8 Å². The molecule has 2 amide bonds. The van der Waals surface area contributed by atoms with Gasteiger partial charge < -0.3 is 24.4 Å². The maximum atomic E-state index is 15.0.